The van der Waals surface area contributed by atoms with E-state index in [1.54, 1.807) is 36.7 Å². The lowest BCUT2D eigenvalue weighted by Gasteiger charge is -2.05. The standard InChI is InChI=1S/C18H20N2O3S/c21-18(10-9-16-8-4-11-19-14-16)20-12-5-13-24(22,23)15-17-6-2-1-3-7-17/h1-4,6-11,14H,5,12-13,15H2,(H,20,21)/b10-9+. The molecule has 126 valence electrons. The van der Waals surface area contributed by atoms with E-state index in [2.05, 4.69) is 10.3 Å². The molecule has 0 bridgehead atoms. The number of carbonyl (C=O) groups excluding carboxylic acids is 1. The summed E-state index contributed by atoms with van der Waals surface area (Å²) in [6.07, 6.45) is 6.78. The molecule has 1 aromatic carbocycles. The Hall–Kier alpha value is -2.47. The fourth-order valence-corrected chi connectivity index (χ4v) is 3.54. The second-order valence-electron chi connectivity index (χ2n) is 5.34. The third kappa shape index (κ3) is 6.75. The van der Waals surface area contributed by atoms with Crippen molar-refractivity contribution in [1.29, 1.82) is 0 Å². The van der Waals surface area contributed by atoms with Crippen LogP contribution in [0.25, 0.3) is 6.08 Å². The highest BCUT2D eigenvalue weighted by Crippen LogP contribution is 2.07. The highest BCUT2D eigenvalue weighted by atomic mass is 32.2. The molecule has 0 aliphatic heterocycles. The molecule has 0 spiro atoms. The quantitative estimate of drug-likeness (QED) is 0.588. The largest absolute Gasteiger partial charge is 0.353 e. The molecule has 0 atom stereocenters. The van der Waals surface area contributed by atoms with Crippen LogP contribution in [0.1, 0.15) is 17.5 Å². The zero-order chi connectivity index (χ0) is 17.3. The molecule has 0 aliphatic rings. The van der Waals surface area contributed by atoms with Crippen LogP contribution in [0.5, 0.6) is 0 Å². The Morgan fingerprint density at radius 1 is 1.12 bits per heavy atom. The number of sulfone groups is 1. The number of aromatic nitrogens is 1. The van der Waals surface area contributed by atoms with Crippen molar-refractivity contribution in [3.63, 3.8) is 0 Å². The number of amides is 1. The molecule has 0 saturated carbocycles. The van der Waals surface area contributed by atoms with Gasteiger partial charge in [0.15, 0.2) is 9.84 Å². The first-order valence-corrected chi connectivity index (χ1v) is 9.48. The Morgan fingerprint density at radius 2 is 1.92 bits per heavy atom. The number of hydrogen-bond donors (Lipinski definition) is 1. The van der Waals surface area contributed by atoms with Gasteiger partial charge in [0.05, 0.1) is 11.5 Å². The zero-order valence-corrected chi connectivity index (χ0v) is 14.1. The Labute approximate surface area is 142 Å². The van der Waals surface area contributed by atoms with Crippen molar-refractivity contribution < 1.29 is 13.2 Å². The lowest BCUT2D eigenvalue weighted by molar-refractivity contribution is -0.116. The summed E-state index contributed by atoms with van der Waals surface area (Å²) in [5, 5.41) is 2.68. The normalized spacial score (nSPS) is 11.5. The highest BCUT2D eigenvalue weighted by Gasteiger charge is 2.11. The maximum atomic E-state index is 12.0. The lowest BCUT2D eigenvalue weighted by Crippen LogP contribution is -2.24. The average molecular weight is 344 g/mol. The minimum Gasteiger partial charge on any atom is -0.353 e. The van der Waals surface area contributed by atoms with E-state index in [0.717, 1.165) is 11.1 Å². The van der Waals surface area contributed by atoms with Gasteiger partial charge in [-0.2, -0.15) is 0 Å². The number of rotatable bonds is 8. The van der Waals surface area contributed by atoms with E-state index in [-0.39, 0.29) is 17.4 Å². The van der Waals surface area contributed by atoms with Crippen molar-refractivity contribution in [3.8, 4) is 0 Å². The van der Waals surface area contributed by atoms with E-state index in [0.29, 0.717) is 13.0 Å². The van der Waals surface area contributed by atoms with Crippen molar-refractivity contribution in [2.75, 3.05) is 12.3 Å². The third-order valence-electron chi connectivity index (χ3n) is 3.27. The molecule has 24 heavy (non-hydrogen) atoms. The second kappa shape index (κ2) is 8.98. The van der Waals surface area contributed by atoms with Crippen LogP contribution in [-0.4, -0.2) is 31.6 Å². The molecule has 2 rings (SSSR count). The van der Waals surface area contributed by atoms with Crippen LogP contribution >= 0.6 is 0 Å². The number of pyridine rings is 1. The molecule has 5 nitrogen and oxygen atoms in total. The van der Waals surface area contributed by atoms with Gasteiger partial charge in [0.1, 0.15) is 0 Å². The minimum absolute atomic E-state index is 0.0305. The first-order valence-electron chi connectivity index (χ1n) is 7.65. The number of benzene rings is 1. The third-order valence-corrected chi connectivity index (χ3v) is 4.96. The minimum atomic E-state index is -3.17. The van der Waals surface area contributed by atoms with Gasteiger partial charge in [-0.1, -0.05) is 36.4 Å². The first-order chi connectivity index (χ1) is 11.6. The molecular weight excluding hydrogens is 324 g/mol. The van der Waals surface area contributed by atoms with Crippen molar-refractivity contribution in [2.45, 2.75) is 12.2 Å². The number of carbonyl (C=O) groups is 1. The molecule has 1 heterocycles. The monoisotopic (exact) mass is 344 g/mol. The Morgan fingerprint density at radius 3 is 2.62 bits per heavy atom. The summed E-state index contributed by atoms with van der Waals surface area (Å²) in [5.74, 6) is -0.170. The molecule has 1 N–H and O–H groups in total. The highest BCUT2D eigenvalue weighted by molar-refractivity contribution is 7.90. The van der Waals surface area contributed by atoms with Crippen LogP contribution in [0.3, 0.4) is 0 Å². The average Bonchev–Trinajstić information content (AvgIpc) is 2.58. The van der Waals surface area contributed by atoms with Crippen LogP contribution in [-0.2, 0) is 20.4 Å². The predicted molar refractivity (Wildman–Crippen MR) is 94.8 cm³/mol. The lowest BCUT2D eigenvalue weighted by atomic mass is 10.2. The Balaban J connectivity index is 1.70. The van der Waals surface area contributed by atoms with E-state index in [4.69, 9.17) is 0 Å². The molecule has 1 aromatic heterocycles. The van der Waals surface area contributed by atoms with Crippen LogP contribution in [0, 0.1) is 0 Å². The number of nitrogens with zero attached hydrogens (tertiary/aromatic N) is 1. The summed E-state index contributed by atoms with van der Waals surface area (Å²) >= 11 is 0. The zero-order valence-electron chi connectivity index (χ0n) is 13.3. The van der Waals surface area contributed by atoms with Crippen LogP contribution in [0.2, 0.25) is 0 Å². The summed E-state index contributed by atoms with van der Waals surface area (Å²) in [6.45, 7) is 0.324. The molecule has 1 amide bonds. The maximum absolute atomic E-state index is 12.0. The SMILES string of the molecule is O=C(/C=C/c1cccnc1)NCCCS(=O)(=O)Cc1ccccc1. The van der Waals surface area contributed by atoms with Gasteiger partial charge in [0, 0.05) is 25.0 Å². The molecule has 0 unspecified atom stereocenters. The van der Waals surface area contributed by atoms with Gasteiger partial charge in [0.25, 0.3) is 0 Å². The van der Waals surface area contributed by atoms with Gasteiger partial charge >= 0.3 is 0 Å². The van der Waals surface area contributed by atoms with E-state index in [1.807, 2.05) is 24.3 Å². The fourth-order valence-electron chi connectivity index (χ4n) is 2.11. The first kappa shape index (κ1) is 17.9. The fraction of sp³-hybridized carbons (Fsp3) is 0.222. The van der Waals surface area contributed by atoms with E-state index in [1.165, 1.54) is 6.08 Å². The predicted octanol–water partition coefficient (Wildman–Crippen LogP) is 2.22. The number of hydrogen-bond acceptors (Lipinski definition) is 4. The van der Waals surface area contributed by atoms with Gasteiger partial charge in [-0.25, -0.2) is 8.42 Å². The van der Waals surface area contributed by atoms with Crippen molar-refractivity contribution in [2.24, 2.45) is 0 Å². The molecule has 0 saturated heterocycles. The van der Waals surface area contributed by atoms with E-state index >= 15 is 0 Å². The molecule has 0 aliphatic carbocycles. The summed E-state index contributed by atoms with van der Waals surface area (Å²) in [7, 11) is -3.17. The van der Waals surface area contributed by atoms with Crippen molar-refractivity contribution >= 4 is 21.8 Å². The van der Waals surface area contributed by atoms with Gasteiger partial charge < -0.3 is 5.32 Å². The Kier molecular flexibility index (Phi) is 6.69. The van der Waals surface area contributed by atoms with Gasteiger partial charge in [-0.3, -0.25) is 9.78 Å². The number of nitrogens with one attached hydrogen (secondary N) is 1. The Bertz CT molecular complexity index is 772. The van der Waals surface area contributed by atoms with Gasteiger partial charge in [0.2, 0.25) is 5.91 Å². The summed E-state index contributed by atoms with van der Waals surface area (Å²) in [4.78, 5) is 15.6. The van der Waals surface area contributed by atoms with Crippen LogP contribution in [0.15, 0.2) is 60.9 Å². The topological polar surface area (TPSA) is 76.1 Å². The molecule has 2 aromatic rings. The molecular formula is C18H20N2O3S. The van der Waals surface area contributed by atoms with Gasteiger partial charge in [-0.15, -0.1) is 0 Å². The summed E-state index contributed by atoms with van der Waals surface area (Å²) in [5.41, 5.74) is 1.61. The summed E-state index contributed by atoms with van der Waals surface area (Å²) in [6, 6.07) is 12.7. The van der Waals surface area contributed by atoms with Crippen molar-refractivity contribution in [3.05, 3.63) is 72.1 Å². The van der Waals surface area contributed by atoms with Gasteiger partial charge in [-0.05, 0) is 29.7 Å². The second-order valence-corrected chi connectivity index (χ2v) is 7.53. The smallest absolute Gasteiger partial charge is 0.244 e. The van der Waals surface area contributed by atoms with Crippen LogP contribution < -0.4 is 5.32 Å². The van der Waals surface area contributed by atoms with E-state index in [9.17, 15) is 13.2 Å². The molecule has 0 radical (unpaired) electrons. The maximum Gasteiger partial charge on any atom is 0.244 e. The molecule has 6 heteroatoms. The summed E-state index contributed by atoms with van der Waals surface area (Å²) < 4.78 is 24.0. The molecule has 0 fully saturated rings. The van der Waals surface area contributed by atoms with E-state index < -0.39 is 9.84 Å². The van der Waals surface area contributed by atoms with Crippen LogP contribution in [0.4, 0.5) is 0 Å². The van der Waals surface area contributed by atoms with Crippen molar-refractivity contribution in [1.82, 2.24) is 10.3 Å².